The van der Waals surface area contributed by atoms with Crippen molar-refractivity contribution in [1.82, 2.24) is 5.32 Å². The highest BCUT2D eigenvalue weighted by Crippen LogP contribution is 2.38. The molecule has 4 nitrogen and oxygen atoms in total. The highest BCUT2D eigenvalue weighted by Gasteiger charge is 2.29. The van der Waals surface area contributed by atoms with E-state index in [2.05, 4.69) is 5.32 Å². The summed E-state index contributed by atoms with van der Waals surface area (Å²) in [6.07, 6.45) is 0.184. The molecule has 118 valence electrons. The molecule has 0 bridgehead atoms. The van der Waals surface area contributed by atoms with Gasteiger partial charge in [-0.3, -0.25) is 0 Å². The Morgan fingerprint density at radius 2 is 1.91 bits per heavy atom. The normalized spacial score (nSPS) is 12.8. The highest BCUT2D eigenvalue weighted by atomic mass is 16.5. The molecule has 0 heterocycles. The lowest BCUT2D eigenvalue weighted by atomic mass is 9.74. The lowest BCUT2D eigenvalue weighted by Crippen LogP contribution is -2.35. The Morgan fingerprint density at radius 3 is 2.41 bits per heavy atom. The number of carbonyl (C=O) groups excluding carboxylic acids is 2. The van der Waals surface area contributed by atoms with E-state index in [0.717, 1.165) is 16.7 Å². The number of carbonyl (C=O) groups is 2. The standard InChI is InChI=1S/C17H24BNO3/c1-10-7-11(2)15(17(4,5)9-14(18)20)13(8-10)22-16(21)12(3)19-6/h7-8,12,19H,9H2,1-6H3. The van der Waals surface area contributed by atoms with Gasteiger partial charge in [0.25, 0.3) is 0 Å². The van der Waals surface area contributed by atoms with Gasteiger partial charge in [-0.2, -0.15) is 0 Å². The van der Waals surface area contributed by atoms with Crippen molar-refractivity contribution in [3.05, 3.63) is 28.8 Å². The van der Waals surface area contributed by atoms with Crippen molar-refractivity contribution in [2.24, 2.45) is 0 Å². The van der Waals surface area contributed by atoms with Gasteiger partial charge >= 0.3 is 5.97 Å². The minimum Gasteiger partial charge on any atom is -0.425 e. The molecule has 0 saturated heterocycles. The number of likely N-dealkylation sites (N-methyl/N-ethyl adjacent to an activating group) is 1. The van der Waals surface area contributed by atoms with Crippen LogP contribution in [0, 0.1) is 13.8 Å². The summed E-state index contributed by atoms with van der Waals surface area (Å²) >= 11 is 0. The third-order valence-corrected chi connectivity index (χ3v) is 3.73. The van der Waals surface area contributed by atoms with Crippen LogP contribution in [0.2, 0.25) is 0 Å². The number of hydrogen-bond donors (Lipinski definition) is 1. The fourth-order valence-corrected chi connectivity index (χ4v) is 2.71. The van der Waals surface area contributed by atoms with E-state index < -0.39 is 11.5 Å². The summed E-state index contributed by atoms with van der Waals surface area (Å²) in [5, 5.41) is 2.86. The topological polar surface area (TPSA) is 55.4 Å². The summed E-state index contributed by atoms with van der Waals surface area (Å²) in [6, 6.07) is 3.43. The second-order valence-electron chi connectivity index (χ2n) is 6.41. The molecular weight excluding hydrogens is 277 g/mol. The van der Waals surface area contributed by atoms with E-state index in [1.54, 1.807) is 14.0 Å². The molecule has 0 amide bonds. The van der Waals surface area contributed by atoms with Gasteiger partial charge in [0.15, 0.2) is 7.85 Å². The van der Waals surface area contributed by atoms with Gasteiger partial charge < -0.3 is 14.8 Å². The number of aryl methyl sites for hydroxylation is 2. The third kappa shape index (κ3) is 4.44. The van der Waals surface area contributed by atoms with Crippen LogP contribution in [0.25, 0.3) is 0 Å². The Morgan fingerprint density at radius 1 is 1.32 bits per heavy atom. The SMILES string of the molecule is [B]C(=O)CC(C)(C)c1c(C)cc(C)cc1OC(=O)C(C)NC. The van der Waals surface area contributed by atoms with Crippen molar-refractivity contribution in [3.8, 4) is 5.75 Å². The Kier molecular flexibility index (Phi) is 5.95. The molecule has 0 aliphatic rings. The first-order valence-corrected chi connectivity index (χ1v) is 7.37. The van der Waals surface area contributed by atoms with Crippen molar-refractivity contribution in [1.29, 1.82) is 0 Å². The first kappa shape index (κ1) is 18.4. The summed E-state index contributed by atoms with van der Waals surface area (Å²) in [4.78, 5) is 23.5. The molecule has 1 aromatic rings. The first-order chi connectivity index (χ1) is 10.1. The highest BCUT2D eigenvalue weighted by molar-refractivity contribution is 6.57. The number of ether oxygens (including phenoxy) is 1. The van der Waals surface area contributed by atoms with Crippen LogP contribution in [0.5, 0.6) is 5.75 Å². The molecular formula is C17H24BNO3. The number of esters is 1. The molecule has 0 fully saturated rings. The predicted molar refractivity (Wildman–Crippen MR) is 88.5 cm³/mol. The molecule has 2 radical (unpaired) electrons. The number of rotatable bonds is 6. The van der Waals surface area contributed by atoms with Gasteiger partial charge in [0.05, 0.1) is 5.68 Å². The summed E-state index contributed by atoms with van der Waals surface area (Å²) in [6.45, 7) is 9.47. The average molecular weight is 301 g/mol. The van der Waals surface area contributed by atoms with Crippen molar-refractivity contribution in [2.75, 3.05) is 7.05 Å². The van der Waals surface area contributed by atoms with E-state index in [0.29, 0.717) is 5.75 Å². The fourth-order valence-electron chi connectivity index (χ4n) is 2.71. The maximum atomic E-state index is 12.1. The molecule has 1 rings (SSSR count). The fraction of sp³-hybridized carbons (Fsp3) is 0.529. The van der Waals surface area contributed by atoms with Crippen molar-refractivity contribution >= 4 is 19.5 Å². The second kappa shape index (κ2) is 7.10. The molecule has 1 aromatic carbocycles. The minimum atomic E-state index is -0.512. The molecule has 0 aromatic heterocycles. The molecule has 22 heavy (non-hydrogen) atoms. The Hall–Kier alpha value is -1.62. The summed E-state index contributed by atoms with van der Waals surface area (Å²) in [5.41, 5.74) is 1.92. The molecule has 5 heteroatoms. The van der Waals surface area contributed by atoms with Crippen molar-refractivity contribution in [3.63, 3.8) is 0 Å². The van der Waals surface area contributed by atoms with E-state index in [9.17, 15) is 9.59 Å². The summed E-state index contributed by atoms with van der Waals surface area (Å²) < 4.78 is 5.57. The van der Waals surface area contributed by atoms with Gasteiger partial charge in [0.2, 0.25) is 0 Å². The van der Waals surface area contributed by atoms with Gasteiger partial charge in [0, 0.05) is 12.0 Å². The molecule has 0 spiro atoms. The molecule has 1 atom stereocenters. The number of hydrogen-bond acceptors (Lipinski definition) is 4. The smallest absolute Gasteiger partial charge is 0.328 e. The zero-order valence-corrected chi connectivity index (χ0v) is 14.2. The quantitative estimate of drug-likeness (QED) is 0.497. The van der Waals surface area contributed by atoms with Crippen LogP contribution in [0.15, 0.2) is 12.1 Å². The van der Waals surface area contributed by atoms with Gasteiger partial charge in [-0.1, -0.05) is 19.9 Å². The van der Waals surface area contributed by atoms with E-state index in [1.807, 2.05) is 39.8 Å². The lowest BCUT2D eigenvalue weighted by Gasteiger charge is -2.29. The van der Waals surface area contributed by atoms with E-state index in [1.165, 1.54) is 0 Å². The van der Waals surface area contributed by atoms with E-state index in [-0.39, 0.29) is 18.1 Å². The molecule has 1 N–H and O–H groups in total. The zero-order chi connectivity index (χ0) is 17.1. The van der Waals surface area contributed by atoms with E-state index in [4.69, 9.17) is 12.6 Å². The number of benzene rings is 1. The van der Waals surface area contributed by atoms with Crippen LogP contribution < -0.4 is 10.1 Å². The minimum absolute atomic E-state index is 0.184. The maximum absolute atomic E-state index is 12.1. The van der Waals surface area contributed by atoms with Crippen LogP contribution in [0.3, 0.4) is 0 Å². The van der Waals surface area contributed by atoms with E-state index >= 15 is 0 Å². The summed E-state index contributed by atoms with van der Waals surface area (Å²) in [7, 11) is 7.06. The van der Waals surface area contributed by atoms with Gasteiger partial charge in [-0.15, -0.1) is 0 Å². The lowest BCUT2D eigenvalue weighted by molar-refractivity contribution is -0.136. The zero-order valence-electron chi connectivity index (χ0n) is 14.2. The molecule has 0 aliphatic carbocycles. The Balaban J connectivity index is 3.32. The van der Waals surface area contributed by atoms with Crippen LogP contribution in [-0.2, 0) is 15.0 Å². The molecule has 0 saturated carbocycles. The number of nitrogens with one attached hydrogen (secondary N) is 1. The van der Waals surface area contributed by atoms with Gasteiger partial charge in [0.1, 0.15) is 11.8 Å². The Labute approximate surface area is 134 Å². The van der Waals surface area contributed by atoms with Crippen molar-refractivity contribution in [2.45, 2.75) is 52.5 Å². The van der Waals surface area contributed by atoms with Crippen LogP contribution in [0.1, 0.15) is 43.9 Å². The summed E-state index contributed by atoms with van der Waals surface area (Å²) in [5.74, 6) is 0.138. The molecule has 1 unspecified atom stereocenters. The maximum Gasteiger partial charge on any atom is 0.328 e. The van der Waals surface area contributed by atoms with Crippen LogP contribution >= 0.6 is 0 Å². The second-order valence-corrected chi connectivity index (χ2v) is 6.41. The third-order valence-electron chi connectivity index (χ3n) is 3.73. The Bertz CT molecular complexity index is 582. The molecule has 0 aliphatic heterocycles. The monoisotopic (exact) mass is 301 g/mol. The average Bonchev–Trinajstić information content (AvgIpc) is 2.34. The predicted octanol–water partition coefficient (Wildman–Crippen LogP) is 2.18. The first-order valence-electron chi connectivity index (χ1n) is 7.37. The van der Waals surface area contributed by atoms with Crippen molar-refractivity contribution < 1.29 is 14.3 Å². The van der Waals surface area contributed by atoms with Crippen LogP contribution in [0.4, 0.5) is 0 Å². The van der Waals surface area contributed by atoms with Crippen LogP contribution in [-0.4, -0.2) is 32.6 Å². The van der Waals surface area contributed by atoms with Gasteiger partial charge in [-0.25, -0.2) is 4.79 Å². The largest absolute Gasteiger partial charge is 0.425 e. The van der Waals surface area contributed by atoms with Gasteiger partial charge in [-0.05, 0) is 50.4 Å².